The van der Waals surface area contributed by atoms with Crippen LogP contribution in [0.15, 0.2) is 29.0 Å². The van der Waals surface area contributed by atoms with E-state index in [4.69, 9.17) is 0 Å². The highest BCUT2D eigenvalue weighted by Crippen LogP contribution is 2.27. The molecular weight excluding hydrogens is 337 g/mol. The quantitative estimate of drug-likeness (QED) is 0.485. The van der Waals surface area contributed by atoms with Crippen molar-refractivity contribution in [3.63, 3.8) is 0 Å². The molecule has 0 aliphatic heterocycles. The lowest BCUT2D eigenvalue weighted by Crippen LogP contribution is -2.09. The number of ether oxygens (including phenoxy) is 1. The molecule has 0 saturated heterocycles. The van der Waals surface area contributed by atoms with Gasteiger partial charge in [0.15, 0.2) is 0 Å². The third-order valence-corrected chi connectivity index (χ3v) is 2.87. The maximum atomic E-state index is 13.7. The van der Waals surface area contributed by atoms with Gasteiger partial charge >= 0.3 is 5.97 Å². The van der Waals surface area contributed by atoms with Crippen LogP contribution >= 0.6 is 15.9 Å². The van der Waals surface area contributed by atoms with Gasteiger partial charge in [-0.25, -0.2) is 13.9 Å². The molecule has 0 saturated carbocycles. The Bertz CT molecular complexity index is 701. The first-order valence-electron chi connectivity index (χ1n) is 5.21. The summed E-state index contributed by atoms with van der Waals surface area (Å²) in [5.74, 6) is -1.96. The SMILES string of the molecule is COC(=O)c1cc(-n2cc(Br)cn2)c([N+](=O)[O-])cc1F. The highest BCUT2D eigenvalue weighted by Gasteiger charge is 2.23. The molecule has 2 rings (SSSR count). The summed E-state index contributed by atoms with van der Waals surface area (Å²) < 4.78 is 19.9. The van der Waals surface area contributed by atoms with Gasteiger partial charge in [0, 0.05) is 6.20 Å². The Labute approximate surface area is 120 Å². The van der Waals surface area contributed by atoms with Crippen molar-refractivity contribution in [1.82, 2.24) is 9.78 Å². The number of carbonyl (C=O) groups excluding carboxylic acids is 1. The van der Waals surface area contributed by atoms with Crippen LogP contribution in [0.1, 0.15) is 10.4 Å². The normalized spacial score (nSPS) is 10.3. The second kappa shape index (κ2) is 5.37. The molecule has 0 spiro atoms. The van der Waals surface area contributed by atoms with Crippen molar-refractivity contribution < 1.29 is 18.8 Å². The van der Waals surface area contributed by atoms with Gasteiger partial charge in [-0.2, -0.15) is 5.10 Å². The van der Waals surface area contributed by atoms with Gasteiger partial charge in [0.05, 0.1) is 34.3 Å². The van der Waals surface area contributed by atoms with Gasteiger partial charge in [-0.05, 0) is 22.0 Å². The monoisotopic (exact) mass is 343 g/mol. The molecule has 9 heteroatoms. The molecule has 0 aliphatic rings. The maximum Gasteiger partial charge on any atom is 0.340 e. The van der Waals surface area contributed by atoms with Crippen molar-refractivity contribution in [2.24, 2.45) is 0 Å². The predicted molar refractivity (Wildman–Crippen MR) is 69.2 cm³/mol. The van der Waals surface area contributed by atoms with Crippen LogP contribution in [-0.4, -0.2) is 27.8 Å². The summed E-state index contributed by atoms with van der Waals surface area (Å²) in [7, 11) is 1.09. The Morgan fingerprint density at radius 2 is 2.25 bits per heavy atom. The fourth-order valence-corrected chi connectivity index (χ4v) is 1.87. The van der Waals surface area contributed by atoms with E-state index in [1.165, 1.54) is 12.4 Å². The highest BCUT2D eigenvalue weighted by molar-refractivity contribution is 9.10. The third kappa shape index (κ3) is 2.52. The smallest absolute Gasteiger partial charge is 0.340 e. The van der Waals surface area contributed by atoms with Gasteiger partial charge in [-0.15, -0.1) is 0 Å². The average Bonchev–Trinajstić information content (AvgIpc) is 2.84. The largest absolute Gasteiger partial charge is 0.465 e. The first kappa shape index (κ1) is 14.1. The average molecular weight is 344 g/mol. The van der Waals surface area contributed by atoms with E-state index >= 15 is 0 Å². The predicted octanol–water partition coefficient (Wildman–Crippen LogP) is 2.47. The summed E-state index contributed by atoms with van der Waals surface area (Å²) in [4.78, 5) is 21.7. The van der Waals surface area contributed by atoms with Gasteiger partial charge in [0.2, 0.25) is 0 Å². The van der Waals surface area contributed by atoms with Crippen LogP contribution < -0.4 is 0 Å². The number of hydrogen-bond acceptors (Lipinski definition) is 5. The van der Waals surface area contributed by atoms with Gasteiger partial charge < -0.3 is 4.74 Å². The van der Waals surface area contributed by atoms with E-state index in [1.807, 2.05) is 0 Å². The van der Waals surface area contributed by atoms with E-state index < -0.39 is 28.0 Å². The number of nitrogens with zero attached hydrogens (tertiary/aromatic N) is 3. The molecule has 20 heavy (non-hydrogen) atoms. The molecular formula is C11H7BrFN3O4. The van der Waals surface area contributed by atoms with Crippen molar-refractivity contribution in [1.29, 1.82) is 0 Å². The fourth-order valence-electron chi connectivity index (χ4n) is 1.58. The van der Waals surface area contributed by atoms with Crippen LogP contribution in [0.3, 0.4) is 0 Å². The molecule has 0 unspecified atom stereocenters. The van der Waals surface area contributed by atoms with E-state index in [2.05, 4.69) is 25.8 Å². The Hall–Kier alpha value is -2.29. The molecule has 2 aromatic rings. The fraction of sp³-hybridized carbons (Fsp3) is 0.0909. The second-order valence-corrected chi connectivity index (χ2v) is 4.59. The number of nitro benzene ring substituents is 1. The molecule has 1 aromatic carbocycles. The van der Waals surface area contributed by atoms with Crippen LogP contribution in [0.25, 0.3) is 5.69 Å². The zero-order chi connectivity index (χ0) is 14.9. The van der Waals surface area contributed by atoms with Crippen LogP contribution in [0, 0.1) is 15.9 Å². The Balaban J connectivity index is 2.69. The minimum Gasteiger partial charge on any atom is -0.465 e. The minimum absolute atomic E-state index is 0.0394. The first-order valence-corrected chi connectivity index (χ1v) is 6.00. The molecule has 0 fully saturated rings. The number of esters is 1. The third-order valence-electron chi connectivity index (χ3n) is 2.46. The summed E-state index contributed by atoms with van der Waals surface area (Å²) in [5.41, 5.74) is -0.951. The van der Waals surface area contributed by atoms with E-state index in [0.29, 0.717) is 10.5 Å². The number of aromatic nitrogens is 2. The van der Waals surface area contributed by atoms with E-state index in [0.717, 1.165) is 17.9 Å². The molecule has 1 aromatic heterocycles. The molecule has 0 radical (unpaired) electrons. The number of carbonyl (C=O) groups is 1. The van der Waals surface area contributed by atoms with Crippen LogP contribution in [-0.2, 0) is 4.74 Å². The van der Waals surface area contributed by atoms with Gasteiger partial charge in [-0.1, -0.05) is 0 Å². The Morgan fingerprint density at radius 3 is 2.75 bits per heavy atom. The Morgan fingerprint density at radius 1 is 1.55 bits per heavy atom. The summed E-state index contributed by atoms with van der Waals surface area (Å²) in [6.07, 6.45) is 2.85. The molecule has 0 aliphatic carbocycles. The van der Waals surface area contributed by atoms with Crippen LogP contribution in [0.5, 0.6) is 0 Å². The van der Waals surface area contributed by atoms with E-state index in [-0.39, 0.29) is 5.69 Å². The molecule has 0 atom stereocenters. The topological polar surface area (TPSA) is 87.3 Å². The number of halogens is 2. The lowest BCUT2D eigenvalue weighted by Gasteiger charge is -2.06. The number of rotatable bonds is 3. The van der Waals surface area contributed by atoms with Gasteiger partial charge in [0.1, 0.15) is 11.5 Å². The van der Waals surface area contributed by atoms with Gasteiger partial charge in [0.25, 0.3) is 5.69 Å². The summed E-state index contributed by atoms with van der Waals surface area (Å²) in [5, 5.41) is 14.9. The number of methoxy groups -OCH3 is 1. The first-order chi connectivity index (χ1) is 9.43. The lowest BCUT2D eigenvalue weighted by atomic mass is 10.1. The number of benzene rings is 1. The summed E-state index contributed by atoms with van der Waals surface area (Å²) >= 11 is 3.15. The van der Waals surface area contributed by atoms with Crippen LogP contribution in [0.2, 0.25) is 0 Å². The zero-order valence-electron chi connectivity index (χ0n) is 10.0. The van der Waals surface area contributed by atoms with Crippen molar-refractivity contribution in [2.75, 3.05) is 7.11 Å². The molecule has 0 amide bonds. The summed E-state index contributed by atoms with van der Waals surface area (Å²) in [6, 6.07) is 1.69. The molecule has 0 bridgehead atoms. The standard InChI is InChI=1S/C11H7BrFN3O4/c1-20-11(17)7-2-9(15-5-6(12)4-14-15)10(16(18)19)3-8(7)13/h2-5H,1H3. The number of nitro groups is 1. The van der Waals surface area contributed by atoms with E-state index in [9.17, 15) is 19.3 Å². The maximum absolute atomic E-state index is 13.7. The lowest BCUT2D eigenvalue weighted by molar-refractivity contribution is -0.384. The minimum atomic E-state index is -1.03. The Kier molecular flexibility index (Phi) is 3.79. The molecule has 7 nitrogen and oxygen atoms in total. The van der Waals surface area contributed by atoms with Crippen molar-refractivity contribution in [3.05, 3.63) is 50.5 Å². The van der Waals surface area contributed by atoms with Crippen LogP contribution in [0.4, 0.5) is 10.1 Å². The molecule has 0 N–H and O–H groups in total. The number of hydrogen-bond donors (Lipinski definition) is 0. The molecule has 1 heterocycles. The highest BCUT2D eigenvalue weighted by atomic mass is 79.9. The van der Waals surface area contributed by atoms with Gasteiger partial charge in [-0.3, -0.25) is 10.1 Å². The summed E-state index contributed by atoms with van der Waals surface area (Å²) in [6.45, 7) is 0. The van der Waals surface area contributed by atoms with E-state index in [1.54, 1.807) is 0 Å². The van der Waals surface area contributed by atoms with Crippen molar-refractivity contribution in [2.45, 2.75) is 0 Å². The zero-order valence-corrected chi connectivity index (χ0v) is 11.6. The molecule has 104 valence electrons. The van der Waals surface area contributed by atoms with Crippen molar-refractivity contribution in [3.8, 4) is 5.69 Å². The second-order valence-electron chi connectivity index (χ2n) is 3.67. The van der Waals surface area contributed by atoms with Crippen molar-refractivity contribution >= 4 is 27.6 Å².